The lowest BCUT2D eigenvalue weighted by molar-refractivity contribution is -0.120. The van der Waals surface area contributed by atoms with Gasteiger partial charge in [0.25, 0.3) is 9.70 Å². The molecule has 1 N–H and O–H groups in total. The summed E-state index contributed by atoms with van der Waals surface area (Å²) in [5, 5.41) is 1.99. The molecule has 2 nitrogen and oxygen atoms in total. The highest BCUT2D eigenvalue weighted by Gasteiger charge is 2.38. The van der Waals surface area contributed by atoms with Crippen LogP contribution in [0.2, 0.25) is 0 Å². The lowest BCUT2D eigenvalue weighted by atomic mass is 10.6. The average molecular weight is 328 g/mol. The molecule has 0 saturated heterocycles. The van der Waals surface area contributed by atoms with Crippen LogP contribution in [0.1, 0.15) is 0 Å². The van der Waals surface area contributed by atoms with E-state index in [1.807, 2.05) is 5.32 Å². The molecule has 13 heavy (non-hydrogen) atoms. The van der Waals surface area contributed by atoms with E-state index in [1.54, 1.807) is 0 Å². The zero-order valence-electron chi connectivity index (χ0n) is 5.63. The average Bonchev–Trinajstić information content (AvgIpc) is 1.82. The second-order valence-electron chi connectivity index (χ2n) is 1.88. The Morgan fingerprint density at radius 1 is 1.08 bits per heavy atom. The smallest absolute Gasteiger partial charge is 0.273 e. The monoisotopic (exact) mass is 325 g/mol. The van der Waals surface area contributed by atoms with Crippen LogP contribution in [0.3, 0.4) is 0 Å². The van der Waals surface area contributed by atoms with Crippen LogP contribution in [0.5, 0.6) is 0 Å². The summed E-state index contributed by atoms with van der Waals surface area (Å²) < 4.78 is -4.00. The lowest BCUT2D eigenvalue weighted by Crippen LogP contribution is -2.44. The van der Waals surface area contributed by atoms with Gasteiger partial charge in [-0.3, -0.25) is 4.79 Å². The highest BCUT2D eigenvalue weighted by Crippen LogP contribution is 2.34. The van der Waals surface area contributed by atoms with E-state index in [2.05, 4.69) is 0 Å². The molecule has 0 aromatic heterocycles. The van der Waals surface area contributed by atoms with E-state index in [9.17, 15) is 4.79 Å². The van der Waals surface area contributed by atoms with Crippen molar-refractivity contribution in [1.29, 1.82) is 0 Å². The first-order valence-electron chi connectivity index (χ1n) is 2.63. The van der Waals surface area contributed by atoms with Gasteiger partial charge in [-0.2, -0.15) is 0 Å². The van der Waals surface area contributed by atoms with Gasteiger partial charge in [0.15, 0.2) is 5.50 Å². The van der Waals surface area contributed by atoms with E-state index in [1.165, 1.54) is 0 Å². The Labute approximate surface area is 110 Å². The Morgan fingerprint density at radius 2 is 1.46 bits per heavy atom. The molecule has 0 aliphatic carbocycles. The molecule has 0 aliphatic heterocycles. The molecule has 0 aliphatic rings. The number of amides is 1. The first-order chi connectivity index (χ1) is 5.55. The summed E-state index contributed by atoms with van der Waals surface area (Å²) in [6.45, 7) is 0. The largest absolute Gasteiger partial charge is 0.332 e. The third-order valence-corrected chi connectivity index (χ3v) is 2.74. The van der Waals surface area contributed by atoms with Gasteiger partial charge in [-0.25, -0.2) is 0 Å². The molecule has 0 bridgehead atoms. The summed E-state index contributed by atoms with van der Waals surface area (Å²) in [7, 11) is 0. The number of hydrogen-bond donors (Lipinski definition) is 1. The fourth-order valence-electron chi connectivity index (χ4n) is 0.279. The zero-order valence-corrected chi connectivity index (χ0v) is 10.9. The number of nitrogens with one attached hydrogen (secondary N) is 1. The number of alkyl halides is 7. The van der Waals surface area contributed by atoms with E-state index in [-0.39, 0.29) is 0 Å². The minimum Gasteiger partial charge on any atom is -0.332 e. The molecule has 0 unspecified atom stereocenters. The van der Waals surface area contributed by atoms with Gasteiger partial charge in [-0.15, -0.1) is 0 Å². The number of carbonyl (C=O) groups excluding carboxylic acids is 1. The molecule has 0 heterocycles. The number of carbonyl (C=O) groups is 1. The zero-order chi connectivity index (χ0) is 10.9. The normalized spacial score (nSPS) is 15.3. The van der Waals surface area contributed by atoms with Gasteiger partial charge in [0, 0.05) is 0 Å². The quantitative estimate of drug-likeness (QED) is 0.580. The van der Waals surface area contributed by atoms with Crippen molar-refractivity contribution in [2.75, 3.05) is 0 Å². The number of hydrogen-bond acceptors (Lipinski definition) is 1. The van der Waals surface area contributed by atoms with Gasteiger partial charge >= 0.3 is 0 Å². The minimum absolute atomic E-state index is 0.969. The Morgan fingerprint density at radius 3 is 1.69 bits per heavy atom. The molecule has 0 rings (SSSR count). The Hall–Kier alpha value is 1.50. The van der Waals surface area contributed by atoms with E-state index in [4.69, 9.17) is 81.2 Å². The van der Waals surface area contributed by atoms with Crippen LogP contribution in [0.4, 0.5) is 0 Å². The third-order valence-electron chi connectivity index (χ3n) is 0.803. The summed E-state index contributed by atoms with van der Waals surface area (Å²) in [5.74, 6) is -0.969. The third kappa shape index (κ3) is 5.83. The van der Waals surface area contributed by atoms with Crippen molar-refractivity contribution in [3.63, 3.8) is 0 Å². The fraction of sp³-hybridized carbons (Fsp3) is 0.750. The summed E-state index contributed by atoms with van der Waals surface area (Å²) in [4.78, 5) is 11.0. The van der Waals surface area contributed by atoms with Crippen molar-refractivity contribution in [2.45, 2.75) is 13.1 Å². The molecule has 0 radical (unpaired) electrons. The molecule has 0 aromatic rings. The lowest BCUT2D eigenvalue weighted by Gasteiger charge is -2.21. The maximum absolute atomic E-state index is 11.0. The molecular formula is C4H2Cl7NO. The van der Waals surface area contributed by atoms with E-state index < -0.39 is 19.0 Å². The van der Waals surface area contributed by atoms with Gasteiger partial charge in [0.05, 0.1) is 0 Å². The molecule has 0 fully saturated rings. The first-order valence-corrected chi connectivity index (χ1v) is 5.34. The van der Waals surface area contributed by atoms with Crippen LogP contribution in [0.25, 0.3) is 0 Å². The predicted octanol–water partition coefficient (Wildman–Crippen LogP) is 3.41. The minimum atomic E-state index is -2.14. The van der Waals surface area contributed by atoms with Crippen molar-refractivity contribution in [3.8, 4) is 0 Å². The maximum atomic E-state index is 11.0. The van der Waals surface area contributed by atoms with Gasteiger partial charge in [0.2, 0.25) is 3.79 Å². The predicted molar refractivity (Wildman–Crippen MR) is 58.4 cm³/mol. The van der Waals surface area contributed by atoms with Gasteiger partial charge in [-0.1, -0.05) is 81.2 Å². The molecule has 9 heteroatoms. The van der Waals surface area contributed by atoms with Crippen LogP contribution in [-0.4, -0.2) is 19.0 Å². The topological polar surface area (TPSA) is 29.1 Å². The van der Waals surface area contributed by atoms with Crippen LogP contribution in [0, 0.1) is 0 Å². The standard InChI is InChI=1S/C4H2Cl7NO/c5-1(3(6,7)8)12-2(13)4(9,10)11/h1H,(H,12,13)/t1-/m1/s1. The number of rotatable bonds is 1. The van der Waals surface area contributed by atoms with Crippen molar-refractivity contribution in [3.05, 3.63) is 0 Å². The Kier molecular flexibility index (Phi) is 5.60. The molecule has 1 atom stereocenters. The van der Waals surface area contributed by atoms with Crippen molar-refractivity contribution < 1.29 is 4.79 Å². The maximum Gasteiger partial charge on any atom is 0.273 e. The highest BCUT2D eigenvalue weighted by molar-refractivity contribution is 6.76. The molecule has 1 amide bonds. The Balaban J connectivity index is 4.24. The fourth-order valence-corrected chi connectivity index (χ4v) is 0.705. The van der Waals surface area contributed by atoms with Crippen molar-refractivity contribution in [1.82, 2.24) is 5.32 Å². The van der Waals surface area contributed by atoms with Gasteiger partial charge in [0.1, 0.15) is 0 Å². The molecular weight excluding hydrogens is 326 g/mol. The highest BCUT2D eigenvalue weighted by atomic mass is 35.6. The van der Waals surface area contributed by atoms with Gasteiger partial charge < -0.3 is 5.32 Å². The number of halogens is 7. The summed E-state index contributed by atoms with van der Waals surface area (Å²) in [6, 6.07) is 0. The summed E-state index contributed by atoms with van der Waals surface area (Å²) >= 11 is 37.1. The van der Waals surface area contributed by atoms with Crippen LogP contribution < -0.4 is 5.32 Å². The van der Waals surface area contributed by atoms with Crippen LogP contribution in [-0.2, 0) is 4.79 Å². The second kappa shape index (κ2) is 5.02. The van der Waals surface area contributed by atoms with Crippen LogP contribution >= 0.6 is 81.2 Å². The molecule has 0 saturated carbocycles. The van der Waals surface area contributed by atoms with E-state index >= 15 is 0 Å². The molecule has 0 spiro atoms. The second-order valence-corrected chi connectivity index (χ2v) is 6.96. The van der Waals surface area contributed by atoms with E-state index in [0.717, 1.165) is 0 Å². The molecule has 0 aromatic carbocycles. The van der Waals surface area contributed by atoms with Crippen molar-refractivity contribution >= 4 is 87.1 Å². The Bertz CT molecular complexity index is 194. The summed E-state index contributed by atoms with van der Waals surface area (Å²) in [5.41, 5.74) is -1.28. The molecule has 78 valence electrons. The van der Waals surface area contributed by atoms with Crippen LogP contribution in [0.15, 0.2) is 0 Å². The summed E-state index contributed by atoms with van der Waals surface area (Å²) in [6.07, 6.45) is 0. The first kappa shape index (κ1) is 14.5. The van der Waals surface area contributed by atoms with Gasteiger partial charge in [-0.05, 0) is 0 Å². The SMILES string of the molecule is O=C(N[C@@H](Cl)C(Cl)(Cl)Cl)C(Cl)(Cl)Cl. The van der Waals surface area contributed by atoms with Crippen molar-refractivity contribution in [2.24, 2.45) is 0 Å². The van der Waals surface area contributed by atoms with E-state index in [0.29, 0.717) is 0 Å².